The number of hydrogen-bond acceptors (Lipinski definition) is 6. The van der Waals surface area contributed by atoms with Crippen molar-refractivity contribution in [2.45, 2.75) is 12.8 Å². The number of aliphatic hydroxyl groups excluding tert-OH is 2. The van der Waals surface area contributed by atoms with Gasteiger partial charge in [-0.2, -0.15) is 0 Å². The fraction of sp³-hybridized carbons (Fsp3) is 0.286. The minimum absolute atomic E-state index is 0.0773. The van der Waals surface area contributed by atoms with Crippen molar-refractivity contribution in [3.05, 3.63) is 42.5 Å². The predicted octanol–water partition coefficient (Wildman–Crippen LogP) is 3.66. The monoisotopic (exact) mass is 367 g/mol. The van der Waals surface area contributed by atoms with Gasteiger partial charge in [0.15, 0.2) is 5.58 Å². The van der Waals surface area contributed by atoms with Crippen LogP contribution >= 0.6 is 0 Å². The minimum Gasteiger partial charge on any atom is -0.493 e. The first kappa shape index (κ1) is 17.6. The van der Waals surface area contributed by atoms with Gasteiger partial charge in [-0.1, -0.05) is 18.2 Å². The highest BCUT2D eigenvalue weighted by Crippen LogP contribution is 2.37. The van der Waals surface area contributed by atoms with Crippen molar-refractivity contribution >= 4 is 32.8 Å². The average Bonchev–Trinajstić information content (AvgIpc) is 3.06. The van der Waals surface area contributed by atoms with Gasteiger partial charge in [-0.25, -0.2) is 4.98 Å². The SMILES string of the molecule is OCCCOc1ccc2c(c1)oc1c3ccccc3c(OCCCO)nc21. The van der Waals surface area contributed by atoms with E-state index in [2.05, 4.69) is 0 Å². The van der Waals surface area contributed by atoms with E-state index in [1.54, 1.807) is 0 Å². The second-order valence-corrected chi connectivity index (χ2v) is 6.25. The van der Waals surface area contributed by atoms with E-state index in [4.69, 9.17) is 29.1 Å². The van der Waals surface area contributed by atoms with E-state index in [9.17, 15) is 0 Å². The Hall–Kier alpha value is -2.83. The van der Waals surface area contributed by atoms with Crippen LogP contribution in [0.25, 0.3) is 32.8 Å². The molecule has 0 bridgehead atoms. The lowest BCUT2D eigenvalue weighted by molar-refractivity contribution is 0.231. The van der Waals surface area contributed by atoms with Crippen LogP contribution in [0.2, 0.25) is 0 Å². The lowest BCUT2D eigenvalue weighted by atomic mass is 10.1. The van der Waals surface area contributed by atoms with Crippen LogP contribution in [0.15, 0.2) is 46.9 Å². The summed E-state index contributed by atoms with van der Waals surface area (Å²) in [6.07, 6.45) is 1.13. The maximum atomic E-state index is 9.00. The Bertz CT molecular complexity index is 1070. The van der Waals surface area contributed by atoms with E-state index >= 15 is 0 Å². The maximum Gasteiger partial charge on any atom is 0.222 e. The number of ether oxygens (including phenoxy) is 2. The van der Waals surface area contributed by atoms with Gasteiger partial charge in [0, 0.05) is 48.3 Å². The number of benzene rings is 2. The third-order valence-corrected chi connectivity index (χ3v) is 4.36. The highest BCUT2D eigenvalue weighted by molar-refractivity contribution is 6.14. The normalized spacial score (nSPS) is 11.5. The first-order valence-corrected chi connectivity index (χ1v) is 9.04. The Morgan fingerprint density at radius 1 is 0.852 bits per heavy atom. The van der Waals surface area contributed by atoms with E-state index in [0.717, 1.165) is 21.7 Å². The summed E-state index contributed by atoms with van der Waals surface area (Å²) in [5.74, 6) is 1.23. The molecular formula is C21H21NO5. The number of rotatable bonds is 8. The molecule has 27 heavy (non-hydrogen) atoms. The standard InChI is InChI=1S/C21H21NO5/c23-9-3-11-25-14-7-8-17-18(13-14)27-20-15-5-1-2-6-16(15)21(22-19(17)20)26-12-4-10-24/h1-2,5-8,13,23-24H,3-4,9-12H2. The molecule has 0 spiro atoms. The van der Waals surface area contributed by atoms with Crippen LogP contribution in [0.3, 0.4) is 0 Å². The van der Waals surface area contributed by atoms with Crippen molar-refractivity contribution in [1.29, 1.82) is 0 Å². The largest absolute Gasteiger partial charge is 0.493 e. The second-order valence-electron chi connectivity index (χ2n) is 6.25. The van der Waals surface area contributed by atoms with E-state index < -0.39 is 0 Å². The fourth-order valence-electron chi connectivity index (χ4n) is 3.07. The number of furan rings is 1. The third-order valence-electron chi connectivity index (χ3n) is 4.36. The summed E-state index contributed by atoms with van der Waals surface area (Å²) in [5.41, 5.74) is 2.14. The molecule has 0 fully saturated rings. The Morgan fingerprint density at radius 2 is 1.59 bits per heavy atom. The minimum atomic E-state index is 0.0773. The molecule has 0 aliphatic carbocycles. The van der Waals surface area contributed by atoms with Crippen molar-refractivity contribution < 1.29 is 24.1 Å². The quantitative estimate of drug-likeness (QED) is 0.462. The molecule has 6 nitrogen and oxygen atoms in total. The van der Waals surface area contributed by atoms with Gasteiger partial charge in [0.25, 0.3) is 0 Å². The second kappa shape index (κ2) is 7.82. The molecule has 6 heteroatoms. The Balaban J connectivity index is 1.82. The molecule has 140 valence electrons. The summed E-state index contributed by atoms with van der Waals surface area (Å²) in [7, 11) is 0. The average molecular weight is 367 g/mol. The number of aromatic nitrogens is 1. The van der Waals surface area contributed by atoms with Gasteiger partial charge >= 0.3 is 0 Å². The number of nitrogens with zero attached hydrogens (tertiary/aromatic N) is 1. The first-order chi connectivity index (χ1) is 13.3. The molecule has 2 aromatic heterocycles. The zero-order valence-electron chi connectivity index (χ0n) is 14.9. The van der Waals surface area contributed by atoms with Crippen molar-refractivity contribution in [1.82, 2.24) is 4.98 Å². The van der Waals surface area contributed by atoms with E-state index in [0.29, 0.717) is 48.9 Å². The summed E-state index contributed by atoms with van der Waals surface area (Å²) >= 11 is 0. The number of pyridine rings is 1. The Kier molecular flexibility index (Phi) is 5.09. The molecule has 0 unspecified atom stereocenters. The first-order valence-electron chi connectivity index (χ1n) is 9.04. The zero-order valence-corrected chi connectivity index (χ0v) is 14.9. The lowest BCUT2D eigenvalue weighted by Gasteiger charge is -2.08. The van der Waals surface area contributed by atoms with E-state index in [-0.39, 0.29) is 13.2 Å². The van der Waals surface area contributed by atoms with Gasteiger partial charge in [-0.3, -0.25) is 0 Å². The molecule has 2 N–H and O–H groups in total. The van der Waals surface area contributed by atoms with Gasteiger partial charge in [0.05, 0.1) is 13.2 Å². The topological polar surface area (TPSA) is 85.0 Å². The molecule has 2 heterocycles. The van der Waals surface area contributed by atoms with Crippen molar-refractivity contribution in [3.8, 4) is 11.6 Å². The van der Waals surface area contributed by atoms with Gasteiger partial charge in [0.2, 0.25) is 5.88 Å². The van der Waals surface area contributed by atoms with Gasteiger partial charge in [0.1, 0.15) is 16.8 Å². The summed E-state index contributed by atoms with van der Waals surface area (Å²) in [6, 6.07) is 13.5. The van der Waals surface area contributed by atoms with Crippen LogP contribution in [0.1, 0.15) is 12.8 Å². The van der Waals surface area contributed by atoms with Crippen LogP contribution in [0.5, 0.6) is 11.6 Å². The van der Waals surface area contributed by atoms with Gasteiger partial charge in [-0.05, 0) is 18.2 Å². The maximum absolute atomic E-state index is 9.00. The van der Waals surface area contributed by atoms with Gasteiger partial charge < -0.3 is 24.1 Å². The highest BCUT2D eigenvalue weighted by atomic mass is 16.5. The molecule has 4 aromatic rings. The van der Waals surface area contributed by atoms with Crippen molar-refractivity contribution in [2.75, 3.05) is 26.4 Å². The molecule has 0 atom stereocenters. The number of hydrogen-bond donors (Lipinski definition) is 2. The summed E-state index contributed by atoms with van der Waals surface area (Å²) < 4.78 is 17.6. The fourth-order valence-corrected chi connectivity index (χ4v) is 3.07. The van der Waals surface area contributed by atoms with E-state index in [1.165, 1.54) is 0 Å². The lowest BCUT2D eigenvalue weighted by Crippen LogP contribution is -2.01. The van der Waals surface area contributed by atoms with E-state index in [1.807, 2.05) is 42.5 Å². The van der Waals surface area contributed by atoms with Gasteiger partial charge in [-0.15, -0.1) is 0 Å². The molecule has 0 saturated carbocycles. The van der Waals surface area contributed by atoms with Crippen molar-refractivity contribution in [2.24, 2.45) is 0 Å². The Morgan fingerprint density at radius 3 is 2.37 bits per heavy atom. The van der Waals surface area contributed by atoms with Crippen LogP contribution in [0.4, 0.5) is 0 Å². The zero-order chi connectivity index (χ0) is 18.6. The summed E-state index contributed by atoms with van der Waals surface area (Å²) in [5, 5.41) is 20.6. The highest BCUT2D eigenvalue weighted by Gasteiger charge is 2.16. The van der Waals surface area contributed by atoms with Crippen LogP contribution in [-0.2, 0) is 0 Å². The molecule has 0 radical (unpaired) electrons. The van der Waals surface area contributed by atoms with Crippen molar-refractivity contribution in [3.63, 3.8) is 0 Å². The number of aliphatic hydroxyl groups is 2. The summed E-state index contributed by atoms with van der Waals surface area (Å²) in [6.45, 7) is 1.03. The van der Waals surface area contributed by atoms with Crippen LogP contribution < -0.4 is 9.47 Å². The molecule has 0 aliphatic rings. The molecular weight excluding hydrogens is 346 g/mol. The number of fused-ring (bicyclic) bond motifs is 5. The molecule has 0 amide bonds. The predicted molar refractivity (Wildman–Crippen MR) is 103 cm³/mol. The van der Waals surface area contributed by atoms with Crippen LogP contribution in [-0.4, -0.2) is 41.6 Å². The Labute approximate surface area is 155 Å². The summed E-state index contributed by atoms with van der Waals surface area (Å²) in [4.78, 5) is 4.70. The molecule has 0 saturated heterocycles. The molecule has 4 rings (SSSR count). The molecule has 0 aliphatic heterocycles. The smallest absolute Gasteiger partial charge is 0.222 e. The van der Waals surface area contributed by atoms with Crippen LogP contribution in [0, 0.1) is 0 Å². The third kappa shape index (κ3) is 3.41. The molecule has 2 aromatic carbocycles.